The third-order valence-electron chi connectivity index (χ3n) is 5.26. The Bertz CT molecular complexity index is 1430. The summed E-state index contributed by atoms with van der Waals surface area (Å²) in [7, 11) is -3.85. The molecule has 4 rings (SSSR count). The third-order valence-corrected chi connectivity index (χ3v) is 6.64. The van der Waals surface area contributed by atoms with Crippen LogP contribution in [0.3, 0.4) is 0 Å². The van der Waals surface area contributed by atoms with Gasteiger partial charge in [0.05, 0.1) is 27.9 Å². The number of hydrogen-bond acceptors (Lipinski definition) is 5. The van der Waals surface area contributed by atoms with Gasteiger partial charge < -0.3 is 0 Å². The van der Waals surface area contributed by atoms with Gasteiger partial charge in [-0.15, -0.1) is 0 Å². The first kappa shape index (κ1) is 21.6. The van der Waals surface area contributed by atoms with Gasteiger partial charge in [-0.2, -0.15) is 15.5 Å². The van der Waals surface area contributed by atoms with Gasteiger partial charge in [0.1, 0.15) is 11.9 Å². The molecule has 164 valence electrons. The van der Waals surface area contributed by atoms with Crippen LogP contribution in [-0.4, -0.2) is 27.8 Å². The highest BCUT2D eigenvalue weighted by molar-refractivity contribution is 7.92. The molecule has 0 atom stereocenters. The molecule has 4 aromatic rings. The highest BCUT2D eigenvalue weighted by atomic mass is 32.2. The summed E-state index contributed by atoms with van der Waals surface area (Å²) in [5, 5.41) is 18.3. The van der Waals surface area contributed by atoms with Crippen LogP contribution in [0.5, 0.6) is 0 Å². The molecule has 0 amide bonds. The van der Waals surface area contributed by atoms with Crippen molar-refractivity contribution < 1.29 is 8.42 Å². The van der Waals surface area contributed by atoms with E-state index in [4.69, 9.17) is 0 Å². The van der Waals surface area contributed by atoms with Crippen LogP contribution in [0.2, 0.25) is 0 Å². The first-order valence-corrected chi connectivity index (χ1v) is 11.7. The van der Waals surface area contributed by atoms with E-state index in [1.165, 1.54) is 4.52 Å². The lowest BCUT2D eigenvalue weighted by atomic mass is 9.87. The normalized spacial score (nSPS) is 12.1. The molecule has 0 saturated carbocycles. The lowest BCUT2D eigenvalue weighted by molar-refractivity contribution is 0.587. The number of sulfonamides is 1. The zero-order chi connectivity index (χ0) is 23.1. The van der Waals surface area contributed by atoms with Gasteiger partial charge in [0.15, 0.2) is 0 Å². The molecule has 32 heavy (non-hydrogen) atoms. The number of benzene rings is 1. The van der Waals surface area contributed by atoms with Gasteiger partial charge in [0.2, 0.25) is 0 Å². The number of aryl methyl sites for hydroxylation is 1. The molecule has 0 radical (unpaired) electrons. The fourth-order valence-corrected chi connectivity index (χ4v) is 4.43. The first-order valence-electron chi connectivity index (χ1n) is 10.2. The van der Waals surface area contributed by atoms with E-state index in [9.17, 15) is 13.7 Å². The first-order chi connectivity index (χ1) is 15.1. The lowest BCUT2D eigenvalue weighted by Gasteiger charge is -2.19. The van der Waals surface area contributed by atoms with Crippen molar-refractivity contribution in [2.24, 2.45) is 0 Å². The molecule has 0 aliphatic carbocycles. The minimum absolute atomic E-state index is 0.0773. The van der Waals surface area contributed by atoms with Crippen molar-refractivity contribution in [3.05, 3.63) is 66.0 Å². The molecule has 3 aromatic heterocycles. The Morgan fingerprint density at radius 3 is 2.44 bits per heavy atom. The van der Waals surface area contributed by atoms with Crippen LogP contribution in [0, 0.1) is 11.3 Å². The topological polar surface area (TPSA) is 105 Å². The summed E-state index contributed by atoms with van der Waals surface area (Å²) in [5.41, 5.74) is 3.25. The SMILES string of the molecule is CCn1cc(-c2cc3c(C#N)ccc(NS(=O)(=O)c4ccc(C(C)(C)C)cc4)n3n2)cn1. The average Bonchev–Trinajstić information content (AvgIpc) is 3.41. The summed E-state index contributed by atoms with van der Waals surface area (Å²) in [6.45, 7) is 8.91. The predicted octanol–water partition coefficient (Wildman–Crippen LogP) is 4.19. The lowest BCUT2D eigenvalue weighted by Crippen LogP contribution is -2.17. The number of nitrogens with one attached hydrogen (secondary N) is 1. The molecule has 1 N–H and O–H groups in total. The van der Waals surface area contributed by atoms with Crippen LogP contribution in [0.15, 0.2) is 59.8 Å². The quantitative estimate of drug-likeness (QED) is 0.493. The van der Waals surface area contributed by atoms with E-state index in [0.717, 1.165) is 17.7 Å². The van der Waals surface area contributed by atoms with Crippen LogP contribution in [0.25, 0.3) is 16.8 Å². The Kier molecular flexibility index (Phi) is 5.26. The molecule has 0 bridgehead atoms. The van der Waals surface area contributed by atoms with Crippen molar-refractivity contribution in [2.75, 3.05) is 4.72 Å². The predicted molar refractivity (Wildman–Crippen MR) is 123 cm³/mol. The van der Waals surface area contributed by atoms with E-state index in [1.807, 2.05) is 25.3 Å². The highest BCUT2D eigenvalue weighted by Gasteiger charge is 2.20. The Morgan fingerprint density at radius 1 is 1.12 bits per heavy atom. The number of aromatic nitrogens is 4. The fourth-order valence-electron chi connectivity index (χ4n) is 3.39. The standard InChI is InChI=1S/C23H24N6O2S/c1-5-28-15-17(14-25-28)20-12-21-16(13-24)6-11-22(29(21)26-20)27-32(30,31)19-9-7-18(8-10-19)23(2,3)4/h6-12,14-15,27H,5H2,1-4H3. The third kappa shape index (κ3) is 3.97. The van der Waals surface area contributed by atoms with E-state index in [0.29, 0.717) is 16.8 Å². The molecule has 0 unspecified atom stereocenters. The van der Waals surface area contributed by atoms with Gasteiger partial charge in [-0.1, -0.05) is 32.9 Å². The van der Waals surface area contributed by atoms with Gasteiger partial charge >= 0.3 is 0 Å². The summed E-state index contributed by atoms with van der Waals surface area (Å²) in [6.07, 6.45) is 3.55. The highest BCUT2D eigenvalue weighted by Crippen LogP contribution is 2.27. The fraction of sp³-hybridized carbons (Fsp3) is 0.261. The molecule has 0 saturated heterocycles. The van der Waals surface area contributed by atoms with E-state index in [1.54, 1.807) is 41.2 Å². The van der Waals surface area contributed by atoms with Gasteiger partial charge in [-0.25, -0.2) is 12.9 Å². The van der Waals surface area contributed by atoms with Gasteiger partial charge in [0.25, 0.3) is 10.0 Å². The smallest absolute Gasteiger partial charge is 0.263 e. The summed E-state index contributed by atoms with van der Waals surface area (Å²) in [5.74, 6) is 0.244. The second-order valence-electron chi connectivity index (χ2n) is 8.54. The summed E-state index contributed by atoms with van der Waals surface area (Å²) >= 11 is 0. The number of rotatable bonds is 5. The Labute approximate surface area is 187 Å². The molecule has 3 heterocycles. The van der Waals surface area contributed by atoms with E-state index >= 15 is 0 Å². The minimum Gasteiger partial charge on any atom is -0.272 e. The van der Waals surface area contributed by atoms with Crippen LogP contribution in [0.1, 0.15) is 38.8 Å². The van der Waals surface area contributed by atoms with Crippen molar-refractivity contribution in [3.8, 4) is 17.3 Å². The molecule has 1 aromatic carbocycles. The largest absolute Gasteiger partial charge is 0.272 e. The average molecular weight is 449 g/mol. The number of nitriles is 1. The van der Waals surface area contributed by atoms with Crippen molar-refractivity contribution in [2.45, 2.75) is 44.6 Å². The molecule has 8 nitrogen and oxygen atoms in total. The maximum Gasteiger partial charge on any atom is 0.263 e. The van der Waals surface area contributed by atoms with E-state index in [2.05, 4.69) is 41.8 Å². The van der Waals surface area contributed by atoms with Crippen molar-refractivity contribution in [3.63, 3.8) is 0 Å². The number of pyridine rings is 1. The number of anilines is 1. The van der Waals surface area contributed by atoms with Crippen molar-refractivity contribution in [1.82, 2.24) is 19.4 Å². The monoisotopic (exact) mass is 448 g/mol. The van der Waals surface area contributed by atoms with Gasteiger partial charge in [-0.3, -0.25) is 9.40 Å². The van der Waals surface area contributed by atoms with Gasteiger partial charge in [-0.05, 0) is 48.2 Å². The zero-order valence-corrected chi connectivity index (χ0v) is 19.2. The number of hydrogen-bond donors (Lipinski definition) is 1. The second-order valence-corrected chi connectivity index (χ2v) is 10.2. The molecule has 0 aliphatic rings. The maximum atomic E-state index is 13.0. The minimum atomic E-state index is -3.85. The van der Waals surface area contributed by atoms with Crippen LogP contribution in [0.4, 0.5) is 5.82 Å². The Hall–Kier alpha value is -3.64. The van der Waals surface area contributed by atoms with Crippen LogP contribution < -0.4 is 4.72 Å². The van der Waals surface area contributed by atoms with Crippen LogP contribution >= 0.6 is 0 Å². The molecule has 9 heteroatoms. The van der Waals surface area contributed by atoms with Crippen LogP contribution in [-0.2, 0) is 22.0 Å². The Morgan fingerprint density at radius 2 is 1.84 bits per heavy atom. The summed E-state index contributed by atoms with van der Waals surface area (Å²) in [6, 6.07) is 13.8. The van der Waals surface area contributed by atoms with E-state index in [-0.39, 0.29) is 16.1 Å². The zero-order valence-electron chi connectivity index (χ0n) is 18.4. The van der Waals surface area contributed by atoms with Crippen molar-refractivity contribution >= 4 is 21.4 Å². The number of fused-ring (bicyclic) bond motifs is 1. The Balaban J connectivity index is 1.75. The summed E-state index contributed by atoms with van der Waals surface area (Å²) < 4.78 is 31.9. The molecule has 0 aliphatic heterocycles. The van der Waals surface area contributed by atoms with E-state index < -0.39 is 10.0 Å². The van der Waals surface area contributed by atoms with Crippen molar-refractivity contribution in [1.29, 1.82) is 5.26 Å². The molecular weight excluding hydrogens is 424 g/mol. The second kappa shape index (κ2) is 7.80. The molecule has 0 spiro atoms. The molecule has 0 fully saturated rings. The summed E-state index contributed by atoms with van der Waals surface area (Å²) in [4.78, 5) is 0.152. The maximum absolute atomic E-state index is 13.0. The molecular formula is C23H24N6O2S. The number of nitrogens with zero attached hydrogens (tertiary/aromatic N) is 5. The van der Waals surface area contributed by atoms with Gasteiger partial charge in [0, 0.05) is 18.3 Å².